The van der Waals surface area contributed by atoms with Gasteiger partial charge in [-0.2, -0.15) is 0 Å². The number of thiocarbonyl (C=S) groups is 1. The average Bonchev–Trinajstić information content (AvgIpc) is 3.10. The Balaban J connectivity index is 2.32. The van der Waals surface area contributed by atoms with E-state index in [0.29, 0.717) is 24.1 Å². The summed E-state index contributed by atoms with van der Waals surface area (Å²) < 4.78 is 0. The highest BCUT2D eigenvalue weighted by Gasteiger charge is 2.31. The molecule has 1 aromatic heterocycles. The zero-order valence-corrected chi connectivity index (χ0v) is 9.65. The minimum Gasteiger partial charge on any atom is -0.395 e. The third-order valence-corrected chi connectivity index (χ3v) is 2.71. The predicted molar refractivity (Wildman–Crippen MR) is 65.4 cm³/mol. The molecule has 1 fully saturated rings. The fraction of sp³-hybridized carbons (Fsp3) is 0.500. The Morgan fingerprint density at radius 2 is 2.19 bits per heavy atom. The third kappa shape index (κ3) is 2.28. The minimum atomic E-state index is 0.0872. The maximum absolute atomic E-state index is 9.05. The van der Waals surface area contributed by atoms with Crippen molar-refractivity contribution in [3.8, 4) is 0 Å². The van der Waals surface area contributed by atoms with E-state index in [0.717, 1.165) is 12.8 Å². The summed E-state index contributed by atoms with van der Waals surface area (Å²) in [5, 5.41) is 9.05. The van der Waals surface area contributed by atoms with Crippen LogP contribution in [-0.2, 0) is 0 Å². The summed E-state index contributed by atoms with van der Waals surface area (Å²) in [6.07, 6.45) is 5.42. The first-order valence-electron chi connectivity index (χ1n) is 5.22. The monoisotopic (exact) mass is 238 g/mol. The van der Waals surface area contributed by atoms with Crippen LogP contribution in [0.4, 0.5) is 5.82 Å². The molecule has 0 radical (unpaired) electrons. The zero-order chi connectivity index (χ0) is 11.5. The van der Waals surface area contributed by atoms with Gasteiger partial charge in [0.25, 0.3) is 0 Å². The summed E-state index contributed by atoms with van der Waals surface area (Å²) in [6, 6.07) is 0.442. The quantitative estimate of drug-likeness (QED) is 0.707. The zero-order valence-electron chi connectivity index (χ0n) is 8.83. The number of rotatable bonds is 5. The van der Waals surface area contributed by atoms with Crippen LogP contribution in [0.3, 0.4) is 0 Å². The summed E-state index contributed by atoms with van der Waals surface area (Å²) in [6.45, 7) is 0.628. The van der Waals surface area contributed by atoms with E-state index < -0.39 is 0 Å². The van der Waals surface area contributed by atoms with E-state index in [4.69, 9.17) is 23.1 Å². The van der Waals surface area contributed by atoms with E-state index in [1.165, 1.54) is 0 Å². The Morgan fingerprint density at radius 1 is 1.50 bits per heavy atom. The van der Waals surface area contributed by atoms with Gasteiger partial charge in [0.1, 0.15) is 10.7 Å². The van der Waals surface area contributed by atoms with Crippen LogP contribution in [0, 0.1) is 0 Å². The fourth-order valence-electron chi connectivity index (χ4n) is 1.67. The van der Waals surface area contributed by atoms with E-state index in [1.54, 1.807) is 12.4 Å². The lowest BCUT2D eigenvalue weighted by molar-refractivity contribution is 0.301. The number of hydrogen-bond acceptors (Lipinski definition) is 5. The van der Waals surface area contributed by atoms with Crippen molar-refractivity contribution in [2.75, 3.05) is 18.1 Å². The number of aliphatic hydroxyl groups excluding tert-OH is 1. The maximum atomic E-state index is 9.05. The molecule has 1 aliphatic rings. The Kier molecular flexibility index (Phi) is 3.31. The van der Waals surface area contributed by atoms with Gasteiger partial charge in [-0.05, 0) is 12.8 Å². The summed E-state index contributed by atoms with van der Waals surface area (Å²) in [5.41, 5.74) is 6.15. The van der Waals surface area contributed by atoms with Crippen molar-refractivity contribution in [1.82, 2.24) is 9.97 Å². The Labute approximate surface area is 99.3 Å². The summed E-state index contributed by atoms with van der Waals surface area (Å²) in [5.74, 6) is 0.687. The van der Waals surface area contributed by atoms with Crippen LogP contribution >= 0.6 is 12.2 Å². The molecule has 6 heteroatoms. The van der Waals surface area contributed by atoms with Crippen LogP contribution in [0.5, 0.6) is 0 Å². The van der Waals surface area contributed by atoms with Crippen molar-refractivity contribution in [1.29, 1.82) is 0 Å². The summed E-state index contributed by atoms with van der Waals surface area (Å²) >= 11 is 4.95. The molecule has 0 bridgehead atoms. The number of aliphatic hydroxyl groups is 1. The van der Waals surface area contributed by atoms with Crippen molar-refractivity contribution >= 4 is 23.0 Å². The lowest BCUT2D eigenvalue weighted by Crippen LogP contribution is -2.32. The SMILES string of the molecule is NC(=S)c1nccnc1N(CCO)C1CC1. The number of hydrogen-bond donors (Lipinski definition) is 2. The first-order chi connectivity index (χ1) is 7.74. The number of anilines is 1. The lowest BCUT2D eigenvalue weighted by Gasteiger charge is -2.23. The molecule has 3 N–H and O–H groups in total. The first kappa shape index (κ1) is 11.2. The van der Waals surface area contributed by atoms with E-state index in [9.17, 15) is 0 Å². The van der Waals surface area contributed by atoms with Gasteiger partial charge in [0, 0.05) is 25.0 Å². The van der Waals surface area contributed by atoms with Gasteiger partial charge < -0.3 is 15.7 Å². The molecule has 1 heterocycles. The lowest BCUT2D eigenvalue weighted by atomic mass is 10.3. The molecular weight excluding hydrogens is 224 g/mol. The van der Waals surface area contributed by atoms with Gasteiger partial charge in [0.15, 0.2) is 5.82 Å². The number of nitrogens with two attached hydrogens (primary N) is 1. The molecule has 86 valence electrons. The normalized spacial score (nSPS) is 14.8. The van der Waals surface area contributed by atoms with Crippen LogP contribution in [0.1, 0.15) is 18.5 Å². The van der Waals surface area contributed by atoms with Crippen molar-refractivity contribution in [3.05, 3.63) is 18.1 Å². The summed E-state index contributed by atoms with van der Waals surface area (Å²) in [7, 11) is 0. The highest BCUT2D eigenvalue weighted by Crippen LogP contribution is 2.31. The Bertz CT molecular complexity index is 394. The molecule has 16 heavy (non-hydrogen) atoms. The van der Waals surface area contributed by atoms with Gasteiger partial charge in [0.05, 0.1) is 6.61 Å². The van der Waals surface area contributed by atoms with E-state index in [-0.39, 0.29) is 11.6 Å². The molecule has 5 nitrogen and oxygen atoms in total. The smallest absolute Gasteiger partial charge is 0.157 e. The molecular formula is C10H14N4OS. The van der Waals surface area contributed by atoms with Gasteiger partial charge in [-0.25, -0.2) is 9.97 Å². The van der Waals surface area contributed by atoms with Crippen LogP contribution in [-0.4, -0.2) is 39.3 Å². The fourth-order valence-corrected chi connectivity index (χ4v) is 1.81. The molecule has 1 saturated carbocycles. The van der Waals surface area contributed by atoms with Crippen LogP contribution in [0.15, 0.2) is 12.4 Å². The topological polar surface area (TPSA) is 75.3 Å². The van der Waals surface area contributed by atoms with Crippen molar-refractivity contribution in [2.24, 2.45) is 5.73 Å². The van der Waals surface area contributed by atoms with Crippen molar-refractivity contribution < 1.29 is 5.11 Å². The van der Waals surface area contributed by atoms with Gasteiger partial charge in [-0.1, -0.05) is 12.2 Å². The highest BCUT2D eigenvalue weighted by atomic mass is 32.1. The van der Waals surface area contributed by atoms with Gasteiger partial charge in [-0.15, -0.1) is 0 Å². The average molecular weight is 238 g/mol. The number of aromatic nitrogens is 2. The second kappa shape index (κ2) is 4.71. The molecule has 0 aliphatic heterocycles. The maximum Gasteiger partial charge on any atom is 0.157 e. The molecule has 0 spiro atoms. The van der Waals surface area contributed by atoms with Crippen molar-refractivity contribution in [3.63, 3.8) is 0 Å². The molecule has 0 aromatic carbocycles. The highest BCUT2D eigenvalue weighted by molar-refractivity contribution is 7.80. The second-order valence-corrected chi connectivity index (χ2v) is 4.18. The Morgan fingerprint density at radius 3 is 2.75 bits per heavy atom. The van der Waals surface area contributed by atoms with Gasteiger partial charge in [0.2, 0.25) is 0 Å². The van der Waals surface area contributed by atoms with Crippen LogP contribution < -0.4 is 10.6 Å². The molecule has 0 amide bonds. The molecule has 0 atom stereocenters. The first-order valence-corrected chi connectivity index (χ1v) is 5.63. The summed E-state index contributed by atoms with van der Waals surface area (Å²) in [4.78, 5) is 10.7. The van der Waals surface area contributed by atoms with E-state index in [1.807, 2.05) is 4.90 Å². The minimum absolute atomic E-state index is 0.0872. The number of nitrogens with zero attached hydrogens (tertiary/aromatic N) is 3. The van der Waals surface area contributed by atoms with Gasteiger partial charge >= 0.3 is 0 Å². The third-order valence-electron chi connectivity index (χ3n) is 2.51. The van der Waals surface area contributed by atoms with E-state index >= 15 is 0 Å². The molecule has 0 unspecified atom stereocenters. The predicted octanol–water partition coefficient (Wildman–Crippen LogP) is 0.0719. The molecule has 1 aliphatic carbocycles. The van der Waals surface area contributed by atoms with Crippen molar-refractivity contribution in [2.45, 2.75) is 18.9 Å². The second-order valence-electron chi connectivity index (χ2n) is 3.74. The standard InChI is InChI=1S/C10H14N4OS/c11-9(16)8-10(13-4-3-12-8)14(5-6-15)7-1-2-7/h3-4,7,15H,1-2,5-6H2,(H2,11,16). The molecule has 0 saturated heterocycles. The van der Waals surface area contributed by atoms with E-state index in [2.05, 4.69) is 9.97 Å². The largest absolute Gasteiger partial charge is 0.395 e. The Hall–Kier alpha value is -1.27. The molecule has 2 rings (SSSR count). The van der Waals surface area contributed by atoms with Crippen LogP contribution in [0.25, 0.3) is 0 Å². The van der Waals surface area contributed by atoms with Crippen LogP contribution in [0.2, 0.25) is 0 Å². The molecule has 1 aromatic rings. The van der Waals surface area contributed by atoms with Gasteiger partial charge in [-0.3, -0.25) is 0 Å².